The molecule has 184 valence electrons. The molecule has 1 fully saturated rings. The normalized spacial score (nSPS) is 19.8. The Labute approximate surface area is 198 Å². The molecule has 0 bridgehead atoms. The van der Waals surface area contributed by atoms with Crippen LogP contribution in [0.15, 0.2) is 18.2 Å². The monoisotopic (exact) mass is 459 g/mol. The molecular weight excluding hydrogens is 418 g/mol. The summed E-state index contributed by atoms with van der Waals surface area (Å²) >= 11 is 0. The van der Waals surface area contributed by atoms with Gasteiger partial charge in [-0.15, -0.1) is 0 Å². The minimum Gasteiger partial charge on any atom is -0.444 e. The molecule has 0 aliphatic heterocycles. The second-order valence-corrected chi connectivity index (χ2v) is 11.3. The molecule has 7 nitrogen and oxygen atoms in total. The van der Waals surface area contributed by atoms with Gasteiger partial charge < -0.3 is 20.3 Å². The standard InChI is InChI=1S/C26H41N3O4/c1-15-12-11-13-16(2)20(15)21(22(30)28-25(5,6)7)29(19-14-17(19)3)23(31)18(4)27-24(32)33-26(8,9)10/h11-13,17-19,21H,14H2,1-10H3,(H,27,32)(H,28,30). The molecule has 2 N–H and O–H groups in total. The van der Waals surface area contributed by atoms with E-state index in [9.17, 15) is 14.4 Å². The van der Waals surface area contributed by atoms with Crippen molar-refractivity contribution in [2.75, 3.05) is 0 Å². The predicted octanol–water partition coefficient (Wildman–Crippen LogP) is 4.41. The predicted molar refractivity (Wildman–Crippen MR) is 130 cm³/mol. The third-order valence-corrected chi connectivity index (χ3v) is 5.62. The van der Waals surface area contributed by atoms with E-state index < -0.39 is 29.3 Å². The van der Waals surface area contributed by atoms with Crippen LogP contribution >= 0.6 is 0 Å². The summed E-state index contributed by atoms with van der Waals surface area (Å²) in [5.74, 6) is -0.249. The minimum absolute atomic E-state index is 0.0740. The molecule has 7 heteroatoms. The van der Waals surface area contributed by atoms with Gasteiger partial charge in [0.1, 0.15) is 17.7 Å². The molecular formula is C26H41N3O4. The fourth-order valence-corrected chi connectivity index (χ4v) is 4.04. The molecule has 0 saturated heterocycles. The van der Waals surface area contributed by atoms with Crippen molar-refractivity contribution in [3.05, 3.63) is 34.9 Å². The number of benzene rings is 1. The molecule has 0 aromatic heterocycles. The van der Waals surface area contributed by atoms with Gasteiger partial charge in [0.2, 0.25) is 11.8 Å². The molecule has 1 aromatic rings. The van der Waals surface area contributed by atoms with Crippen LogP contribution in [0.1, 0.15) is 84.5 Å². The molecule has 0 spiro atoms. The lowest BCUT2D eigenvalue weighted by Gasteiger charge is -2.37. The van der Waals surface area contributed by atoms with Gasteiger partial charge in [-0.25, -0.2) is 4.79 Å². The van der Waals surface area contributed by atoms with E-state index in [1.807, 2.05) is 52.8 Å². The van der Waals surface area contributed by atoms with Gasteiger partial charge >= 0.3 is 6.09 Å². The zero-order valence-electron chi connectivity index (χ0n) is 21.8. The Balaban J connectivity index is 2.48. The van der Waals surface area contributed by atoms with Crippen molar-refractivity contribution in [1.82, 2.24) is 15.5 Å². The van der Waals surface area contributed by atoms with Crippen LogP contribution in [0.5, 0.6) is 0 Å². The summed E-state index contributed by atoms with van der Waals surface area (Å²) in [4.78, 5) is 41.4. The number of carbonyl (C=O) groups is 3. The van der Waals surface area contributed by atoms with Crippen LogP contribution in [0, 0.1) is 19.8 Å². The lowest BCUT2D eigenvalue weighted by Crippen LogP contribution is -2.55. The Bertz CT molecular complexity index is 878. The zero-order valence-corrected chi connectivity index (χ0v) is 21.8. The van der Waals surface area contributed by atoms with Crippen molar-refractivity contribution in [1.29, 1.82) is 0 Å². The Kier molecular flexibility index (Phi) is 7.87. The van der Waals surface area contributed by atoms with E-state index in [1.165, 1.54) is 0 Å². The van der Waals surface area contributed by atoms with Crippen LogP contribution < -0.4 is 10.6 Å². The number of alkyl carbamates (subject to hydrolysis) is 1. The Morgan fingerprint density at radius 3 is 2.00 bits per heavy atom. The highest BCUT2D eigenvalue weighted by atomic mass is 16.6. The minimum atomic E-state index is -0.845. The fourth-order valence-electron chi connectivity index (χ4n) is 4.04. The molecule has 33 heavy (non-hydrogen) atoms. The van der Waals surface area contributed by atoms with Gasteiger partial charge in [-0.2, -0.15) is 0 Å². The van der Waals surface area contributed by atoms with Crippen LogP contribution in [0.2, 0.25) is 0 Å². The number of aryl methyl sites for hydroxylation is 2. The van der Waals surface area contributed by atoms with Crippen LogP contribution in [0.25, 0.3) is 0 Å². The fraction of sp³-hybridized carbons (Fsp3) is 0.654. The number of ether oxygens (including phenoxy) is 1. The molecule has 0 radical (unpaired) electrons. The maximum atomic E-state index is 13.8. The van der Waals surface area contributed by atoms with Crippen molar-refractivity contribution >= 4 is 17.9 Å². The van der Waals surface area contributed by atoms with E-state index in [2.05, 4.69) is 17.6 Å². The second kappa shape index (κ2) is 9.74. The molecule has 2 rings (SSSR count). The molecule has 1 aliphatic carbocycles. The Morgan fingerprint density at radius 1 is 1.06 bits per heavy atom. The summed E-state index contributed by atoms with van der Waals surface area (Å²) in [6.07, 6.45) is 0.157. The SMILES string of the molecule is Cc1cccc(C)c1C(C(=O)NC(C)(C)C)N(C(=O)C(C)NC(=O)OC(C)(C)C)C1CC1C. The molecule has 1 saturated carbocycles. The number of amides is 3. The third kappa shape index (κ3) is 7.21. The van der Waals surface area contributed by atoms with Crippen molar-refractivity contribution in [3.8, 4) is 0 Å². The van der Waals surface area contributed by atoms with Gasteiger partial charge in [0.15, 0.2) is 0 Å². The third-order valence-electron chi connectivity index (χ3n) is 5.62. The lowest BCUT2D eigenvalue weighted by molar-refractivity contribution is -0.143. The van der Waals surface area contributed by atoms with E-state index in [-0.39, 0.29) is 23.8 Å². The first kappa shape index (κ1) is 26.7. The van der Waals surface area contributed by atoms with E-state index >= 15 is 0 Å². The summed E-state index contributed by atoms with van der Waals surface area (Å²) in [7, 11) is 0. The first-order valence-electron chi connectivity index (χ1n) is 11.7. The Morgan fingerprint density at radius 2 is 1.58 bits per heavy atom. The molecule has 4 atom stereocenters. The van der Waals surface area contributed by atoms with Crippen molar-refractivity contribution in [3.63, 3.8) is 0 Å². The van der Waals surface area contributed by atoms with Crippen LogP contribution in [-0.2, 0) is 14.3 Å². The van der Waals surface area contributed by atoms with E-state index in [0.717, 1.165) is 23.1 Å². The smallest absolute Gasteiger partial charge is 0.408 e. The summed E-state index contributed by atoms with van der Waals surface area (Å²) in [6, 6.07) is 4.15. The quantitative estimate of drug-likeness (QED) is 0.660. The van der Waals surface area contributed by atoms with Gasteiger partial charge in [0, 0.05) is 11.6 Å². The molecule has 1 aliphatic rings. The molecule has 3 amide bonds. The van der Waals surface area contributed by atoms with E-state index in [1.54, 1.807) is 32.6 Å². The first-order valence-corrected chi connectivity index (χ1v) is 11.7. The molecule has 4 unspecified atom stereocenters. The van der Waals surface area contributed by atoms with Gasteiger partial charge in [-0.1, -0.05) is 25.1 Å². The number of hydrogen-bond acceptors (Lipinski definition) is 4. The maximum absolute atomic E-state index is 13.8. The number of nitrogens with one attached hydrogen (secondary N) is 2. The first-order chi connectivity index (χ1) is 15.0. The van der Waals surface area contributed by atoms with E-state index in [0.29, 0.717) is 0 Å². The summed E-state index contributed by atoms with van der Waals surface area (Å²) in [6.45, 7) is 18.7. The maximum Gasteiger partial charge on any atom is 0.408 e. The summed E-state index contributed by atoms with van der Waals surface area (Å²) in [5.41, 5.74) is 1.59. The summed E-state index contributed by atoms with van der Waals surface area (Å²) < 4.78 is 5.33. The topological polar surface area (TPSA) is 87.7 Å². The van der Waals surface area contributed by atoms with Crippen LogP contribution in [0.3, 0.4) is 0 Å². The van der Waals surface area contributed by atoms with Crippen molar-refractivity contribution in [2.24, 2.45) is 5.92 Å². The summed E-state index contributed by atoms with van der Waals surface area (Å²) in [5, 5.41) is 5.72. The number of hydrogen-bond donors (Lipinski definition) is 2. The molecule has 0 heterocycles. The number of nitrogens with zero attached hydrogens (tertiary/aromatic N) is 1. The second-order valence-electron chi connectivity index (χ2n) is 11.3. The average Bonchev–Trinajstić information content (AvgIpc) is 3.33. The van der Waals surface area contributed by atoms with Gasteiger partial charge in [0.05, 0.1) is 0 Å². The highest BCUT2D eigenvalue weighted by molar-refractivity contribution is 5.93. The molecule has 1 aromatic carbocycles. The van der Waals surface area contributed by atoms with Crippen LogP contribution in [0.4, 0.5) is 4.79 Å². The zero-order chi connectivity index (χ0) is 25.3. The van der Waals surface area contributed by atoms with Crippen molar-refractivity contribution in [2.45, 2.75) is 105 Å². The van der Waals surface area contributed by atoms with Gasteiger partial charge in [-0.05, 0) is 91.3 Å². The largest absolute Gasteiger partial charge is 0.444 e. The Hall–Kier alpha value is -2.57. The number of rotatable bonds is 6. The van der Waals surface area contributed by atoms with Gasteiger partial charge in [0.25, 0.3) is 0 Å². The number of carbonyl (C=O) groups excluding carboxylic acids is 3. The van der Waals surface area contributed by atoms with Gasteiger partial charge in [-0.3, -0.25) is 9.59 Å². The van der Waals surface area contributed by atoms with E-state index in [4.69, 9.17) is 4.74 Å². The lowest BCUT2D eigenvalue weighted by atomic mass is 9.92. The van der Waals surface area contributed by atoms with Crippen LogP contribution in [-0.4, -0.2) is 46.0 Å². The highest BCUT2D eigenvalue weighted by Crippen LogP contribution is 2.42. The highest BCUT2D eigenvalue weighted by Gasteiger charge is 2.48. The van der Waals surface area contributed by atoms with Crippen molar-refractivity contribution < 1.29 is 19.1 Å². The average molecular weight is 460 g/mol.